The number of benzene rings is 1. The molecule has 0 radical (unpaired) electrons. The zero-order chi connectivity index (χ0) is 14.8. The number of halogens is 1. The van der Waals surface area contributed by atoms with Crippen LogP contribution in [0.3, 0.4) is 0 Å². The molecule has 0 fully saturated rings. The highest BCUT2D eigenvalue weighted by Gasteiger charge is 2.41. The van der Waals surface area contributed by atoms with Gasteiger partial charge in [0.05, 0.1) is 0 Å². The Morgan fingerprint density at radius 3 is 2.26 bits per heavy atom. The number of hydrogen-bond acceptors (Lipinski definition) is 2. The molecule has 0 aliphatic heterocycles. The van der Waals surface area contributed by atoms with E-state index in [-0.39, 0.29) is 5.04 Å². The Morgan fingerprint density at radius 1 is 1.32 bits per heavy atom. The molecule has 0 aliphatic carbocycles. The summed E-state index contributed by atoms with van der Waals surface area (Å²) in [6, 6.07) is 6.93. The lowest BCUT2D eigenvalue weighted by Gasteiger charge is -2.38. The van der Waals surface area contributed by atoms with Gasteiger partial charge in [-0.25, -0.2) is 4.79 Å². The summed E-state index contributed by atoms with van der Waals surface area (Å²) in [5.74, 6) is -1.00. The first-order chi connectivity index (χ1) is 8.56. The van der Waals surface area contributed by atoms with Crippen LogP contribution in [-0.2, 0) is 9.22 Å². The smallest absolute Gasteiger partial charge is 0.336 e. The van der Waals surface area contributed by atoms with Crippen molar-refractivity contribution in [2.24, 2.45) is 0 Å². The van der Waals surface area contributed by atoms with Crippen LogP contribution in [0.1, 0.15) is 32.4 Å². The van der Waals surface area contributed by atoms with Gasteiger partial charge in [-0.05, 0) is 24.2 Å². The molecule has 5 heteroatoms. The molecule has 19 heavy (non-hydrogen) atoms. The van der Waals surface area contributed by atoms with Gasteiger partial charge in [0.1, 0.15) is 0 Å². The van der Waals surface area contributed by atoms with Crippen molar-refractivity contribution in [3.8, 4) is 0 Å². The van der Waals surface area contributed by atoms with E-state index < -0.39 is 20.4 Å². The average molecular weight is 301 g/mol. The highest BCUT2D eigenvalue weighted by molar-refractivity contribution is 6.74. The van der Waals surface area contributed by atoms with Crippen LogP contribution in [0.4, 0.5) is 0 Å². The first-order valence-electron chi connectivity index (χ1n) is 6.21. The fourth-order valence-electron chi connectivity index (χ4n) is 1.41. The van der Waals surface area contributed by atoms with Crippen molar-refractivity contribution in [3.63, 3.8) is 0 Å². The van der Waals surface area contributed by atoms with Crippen LogP contribution >= 0.6 is 11.6 Å². The molecule has 0 saturated carbocycles. The van der Waals surface area contributed by atoms with Crippen molar-refractivity contribution >= 4 is 25.9 Å². The molecule has 1 unspecified atom stereocenters. The second kappa shape index (κ2) is 5.65. The van der Waals surface area contributed by atoms with Crippen LogP contribution in [0, 0.1) is 0 Å². The molecule has 106 valence electrons. The average Bonchev–Trinajstić information content (AvgIpc) is 2.25. The summed E-state index contributed by atoms with van der Waals surface area (Å²) < 4.78 is 5.99. The van der Waals surface area contributed by atoms with Crippen LogP contribution in [0.5, 0.6) is 0 Å². The van der Waals surface area contributed by atoms with Crippen molar-refractivity contribution < 1.29 is 14.3 Å². The maximum absolute atomic E-state index is 11.5. The van der Waals surface area contributed by atoms with Gasteiger partial charge >= 0.3 is 5.97 Å². The monoisotopic (exact) mass is 300 g/mol. The van der Waals surface area contributed by atoms with Crippen LogP contribution in [0.2, 0.25) is 23.2 Å². The first kappa shape index (κ1) is 16.2. The fraction of sp³-hybridized carbons (Fsp3) is 0.500. The molecule has 3 nitrogen and oxygen atoms in total. The number of carboxylic acid groups (broad SMARTS) is 1. The van der Waals surface area contributed by atoms with Crippen LogP contribution in [-0.4, -0.2) is 19.4 Å². The molecule has 1 aromatic carbocycles. The highest BCUT2D eigenvalue weighted by atomic mass is 35.5. The molecular formula is C14H21ClO3Si. The summed E-state index contributed by atoms with van der Waals surface area (Å²) in [7, 11) is -2.18. The van der Waals surface area contributed by atoms with Gasteiger partial charge in [-0.1, -0.05) is 50.6 Å². The van der Waals surface area contributed by atoms with Gasteiger partial charge in [0.15, 0.2) is 14.4 Å². The zero-order valence-electron chi connectivity index (χ0n) is 12.0. The largest absolute Gasteiger partial charge is 0.479 e. The Balaban J connectivity index is 3.12. The lowest BCUT2D eigenvalue weighted by Crippen LogP contribution is -2.43. The van der Waals surface area contributed by atoms with Gasteiger partial charge < -0.3 is 9.53 Å². The van der Waals surface area contributed by atoms with Gasteiger partial charge in [-0.15, -0.1) is 0 Å². The summed E-state index contributed by atoms with van der Waals surface area (Å²) in [5.41, 5.74) is 0.515. The molecule has 0 amide bonds. The minimum atomic E-state index is -2.18. The van der Waals surface area contributed by atoms with Crippen LogP contribution in [0.15, 0.2) is 24.3 Å². The standard InChI is InChI=1S/C14H21ClO3Si/c1-14(2,3)19(4,5)18-12(13(16)17)10-8-6-7-9-11(10)15/h6-9,12H,1-5H3,(H,16,17). The van der Waals surface area contributed by atoms with E-state index in [2.05, 4.69) is 20.8 Å². The number of aliphatic carboxylic acids is 1. The van der Waals surface area contributed by atoms with Crippen molar-refractivity contribution in [1.82, 2.24) is 0 Å². The normalized spacial score (nSPS) is 14.2. The summed E-state index contributed by atoms with van der Waals surface area (Å²) in [4.78, 5) is 11.5. The van der Waals surface area contributed by atoms with E-state index in [0.29, 0.717) is 10.6 Å². The molecule has 0 heterocycles. The van der Waals surface area contributed by atoms with Gasteiger partial charge in [0, 0.05) is 10.6 Å². The minimum Gasteiger partial charge on any atom is -0.479 e. The Morgan fingerprint density at radius 2 is 1.84 bits per heavy atom. The van der Waals surface area contributed by atoms with Crippen LogP contribution in [0.25, 0.3) is 0 Å². The predicted molar refractivity (Wildman–Crippen MR) is 80.1 cm³/mol. The summed E-state index contributed by atoms with van der Waals surface area (Å²) >= 11 is 6.08. The van der Waals surface area contributed by atoms with Gasteiger partial charge in [0.25, 0.3) is 0 Å². The molecular weight excluding hydrogens is 280 g/mol. The molecule has 1 atom stereocenters. The van der Waals surface area contributed by atoms with E-state index in [1.807, 2.05) is 13.1 Å². The maximum Gasteiger partial charge on any atom is 0.336 e. The second-order valence-corrected chi connectivity index (χ2v) is 11.3. The van der Waals surface area contributed by atoms with E-state index in [9.17, 15) is 9.90 Å². The molecule has 0 spiro atoms. The Bertz CT molecular complexity index is 466. The van der Waals surface area contributed by atoms with Gasteiger partial charge in [0.2, 0.25) is 0 Å². The van der Waals surface area contributed by atoms with E-state index in [1.165, 1.54) is 0 Å². The minimum absolute atomic E-state index is 0.0536. The van der Waals surface area contributed by atoms with Crippen molar-refractivity contribution in [2.45, 2.75) is 45.0 Å². The topological polar surface area (TPSA) is 46.5 Å². The second-order valence-electron chi connectivity index (χ2n) is 6.12. The summed E-state index contributed by atoms with van der Waals surface area (Å²) in [6.07, 6.45) is -1.01. The fourth-order valence-corrected chi connectivity index (χ4v) is 2.81. The summed E-state index contributed by atoms with van der Waals surface area (Å²) in [5, 5.41) is 9.79. The molecule has 1 aromatic rings. The first-order valence-corrected chi connectivity index (χ1v) is 9.50. The van der Waals surface area contributed by atoms with E-state index in [0.717, 1.165) is 0 Å². The van der Waals surface area contributed by atoms with Gasteiger partial charge in [-0.2, -0.15) is 0 Å². The quantitative estimate of drug-likeness (QED) is 0.834. The highest BCUT2D eigenvalue weighted by Crippen LogP contribution is 2.40. The lowest BCUT2D eigenvalue weighted by atomic mass is 10.1. The molecule has 0 aliphatic rings. The Hall–Kier alpha value is -0.843. The van der Waals surface area contributed by atoms with Gasteiger partial charge in [-0.3, -0.25) is 0 Å². The van der Waals surface area contributed by atoms with E-state index in [4.69, 9.17) is 16.0 Å². The molecule has 0 aromatic heterocycles. The third-order valence-corrected chi connectivity index (χ3v) is 8.41. The lowest BCUT2D eigenvalue weighted by molar-refractivity contribution is -0.146. The van der Waals surface area contributed by atoms with Crippen molar-refractivity contribution in [2.75, 3.05) is 0 Å². The predicted octanol–water partition coefficient (Wildman–Crippen LogP) is 4.49. The number of carboxylic acids is 1. The number of rotatable bonds is 4. The van der Waals surface area contributed by atoms with Crippen LogP contribution < -0.4 is 0 Å². The van der Waals surface area contributed by atoms with Crippen molar-refractivity contribution in [3.05, 3.63) is 34.9 Å². The molecule has 1 N–H and O–H groups in total. The number of hydrogen-bond donors (Lipinski definition) is 1. The zero-order valence-corrected chi connectivity index (χ0v) is 13.8. The molecule has 1 rings (SSSR count). The maximum atomic E-state index is 11.5. The molecule has 0 bridgehead atoms. The third kappa shape index (κ3) is 3.81. The SMILES string of the molecule is CC(C)(C)[Si](C)(C)OC(C(=O)O)c1ccccc1Cl. The van der Waals surface area contributed by atoms with E-state index in [1.54, 1.807) is 24.3 Å². The summed E-state index contributed by atoms with van der Waals surface area (Å²) in [6.45, 7) is 10.3. The van der Waals surface area contributed by atoms with E-state index >= 15 is 0 Å². The third-order valence-electron chi connectivity index (χ3n) is 3.63. The Kier molecular flexibility index (Phi) is 4.82. The van der Waals surface area contributed by atoms with Crippen molar-refractivity contribution in [1.29, 1.82) is 0 Å². The Labute approximate surface area is 120 Å². The molecule has 0 saturated heterocycles. The number of carbonyl (C=O) groups is 1.